The second kappa shape index (κ2) is 7.24. The van der Waals surface area contributed by atoms with Crippen LogP contribution in [0.2, 0.25) is 5.02 Å². The molecule has 0 saturated carbocycles. The number of carbonyl (C=O) groups is 3. The summed E-state index contributed by atoms with van der Waals surface area (Å²) in [5.41, 5.74) is 0.248. The van der Waals surface area contributed by atoms with Crippen LogP contribution in [0.4, 0.5) is 10.5 Å². The van der Waals surface area contributed by atoms with Gasteiger partial charge in [0.2, 0.25) is 0 Å². The van der Waals surface area contributed by atoms with E-state index in [1.54, 1.807) is 18.2 Å². The highest BCUT2D eigenvalue weighted by molar-refractivity contribution is 9.10. The van der Waals surface area contributed by atoms with Crippen LogP contribution in [0.1, 0.15) is 13.8 Å². The summed E-state index contributed by atoms with van der Waals surface area (Å²) >= 11 is 9.02. The number of carboxylic acids is 1. The lowest BCUT2D eigenvalue weighted by molar-refractivity contribution is -0.133. The highest BCUT2D eigenvalue weighted by atomic mass is 79.9. The summed E-state index contributed by atoms with van der Waals surface area (Å²) in [6.07, 6.45) is 0. The Hall–Kier alpha value is -1.86. The van der Waals surface area contributed by atoms with Crippen molar-refractivity contribution < 1.29 is 19.5 Å². The molecule has 1 aromatic carbocycles. The number of imide groups is 1. The lowest BCUT2D eigenvalue weighted by atomic mass is 10.1. The zero-order valence-corrected chi connectivity index (χ0v) is 13.5. The van der Waals surface area contributed by atoms with Crippen molar-refractivity contribution in [3.63, 3.8) is 0 Å². The topological polar surface area (TPSA) is 95.5 Å². The van der Waals surface area contributed by atoms with Crippen molar-refractivity contribution in [2.75, 3.05) is 5.32 Å². The monoisotopic (exact) mass is 374 g/mol. The fourth-order valence-corrected chi connectivity index (χ4v) is 1.76. The Morgan fingerprint density at radius 3 is 2.33 bits per heavy atom. The largest absolute Gasteiger partial charge is 0.478 e. The molecule has 6 nitrogen and oxygen atoms in total. The number of amides is 3. The number of hydrogen-bond donors (Lipinski definition) is 3. The average Bonchev–Trinajstić information content (AvgIpc) is 2.40. The third-order valence-electron chi connectivity index (χ3n) is 2.63. The normalized spacial score (nSPS) is 11.4. The summed E-state index contributed by atoms with van der Waals surface area (Å²) in [7, 11) is 0. The fourth-order valence-electron chi connectivity index (χ4n) is 1.26. The Balaban J connectivity index is 2.74. The fraction of sp³-hybridized carbons (Fsp3) is 0.154. The first-order valence-electron chi connectivity index (χ1n) is 5.70. The highest BCUT2D eigenvalue weighted by Crippen LogP contribution is 2.25. The summed E-state index contributed by atoms with van der Waals surface area (Å²) in [5.74, 6) is -2.00. The van der Waals surface area contributed by atoms with Gasteiger partial charge >= 0.3 is 12.0 Å². The SMILES string of the molecule is C/C(C(=O)O)=C(/C)C(=O)NC(=O)Nc1ccc(Cl)c(Br)c1. The lowest BCUT2D eigenvalue weighted by Crippen LogP contribution is -2.35. The van der Waals surface area contributed by atoms with Gasteiger partial charge in [0, 0.05) is 21.3 Å². The molecule has 112 valence electrons. The first-order valence-corrected chi connectivity index (χ1v) is 6.87. The molecular weight excluding hydrogens is 364 g/mol. The molecule has 0 atom stereocenters. The van der Waals surface area contributed by atoms with E-state index in [1.807, 2.05) is 5.32 Å². The van der Waals surface area contributed by atoms with Crippen molar-refractivity contribution in [1.29, 1.82) is 0 Å². The minimum Gasteiger partial charge on any atom is -0.478 e. The van der Waals surface area contributed by atoms with Gasteiger partial charge in [-0.25, -0.2) is 9.59 Å². The molecule has 0 aliphatic rings. The van der Waals surface area contributed by atoms with Crippen LogP contribution >= 0.6 is 27.5 Å². The maximum Gasteiger partial charge on any atom is 0.331 e. The minimum absolute atomic E-state index is 0.0464. The molecule has 0 aliphatic heterocycles. The number of halogens is 2. The Morgan fingerprint density at radius 2 is 1.81 bits per heavy atom. The van der Waals surface area contributed by atoms with Crippen molar-refractivity contribution in [3.8, 4) is 0 Å². The molecule has 0 heterocycles. The Morgan fingerprint density at radius 1 is 1.19 bits per heavy atom. The van der Waals surface area contributed by atoms with Gasteiger partial charge in [-0.15, -0.1) is 0 Å². The molecule has 0 radical (unpaired) electrons. The molecule has 0 aliphatic carbocycles. The molecule has 0 unspecified atom stereocenters. The van der Waals surface area contributed by atoms with Crippen molar-refractivity contribution in [2.45, 2.75) is 13.8 Å². The van der Waals surface area contributed by atoms with E-state index in [0.717, 1.165) is 0 Å². The van der Waals surface area contributed by atoms with Gasteiger partial charge in [-0.2, -0.15) is 0 Å². The highest BCUT2D eigenvalue weighted by Gasteiger charge is 2.15. The van der Waals surface area contributed by atoms with Gasteiger partial charge in [-0.05, 0) is 48.0 Å². The van der Waals surface area contributed by atoms with Crippen LogP contribution in [0.5, 0.6) is 0 Å². The van der Waals surface area contributed by atoms with Crippen LogP contribution in [-0.4, -0.2) is 23.0 Å². The summed E-state index contributed by atoms with van der Waals surface area (Å²) in [6, 6.07) is 3.93. The van der Waals surface area contributed by atoms with E-state index in [-0.39, 0.29) is 11.1 Å². The predicted molar refractivity (Wildman–Crippen MR) is 82.3 cm³/mol. The summed E-state index contributed by atoms with van der Waals surface area (Å²) < 4.78 is 0.589. The van der Waals surface area contributed by atoms with Crippen molar-refractivity contribution in [1.82, 2.24) is 5.32 Å². The van der Waals surface area contributed by atoms with Crippen LogP contribution in [0.25, 0.3) is 0 Å². The molecule has 21 heavy (non-hydrogen) atoms. The van der Waals surface area contributed by atoms with Crippen molar-refractivity contribution in [3.05, 3.63) is 38.8 Å². The number of hydrogen-bond acceptors (Lipinski definition) is 3. The molecule has 0 spiro atoms. The number of carboxylic acid groups (broad SMARTS) is 1. The van der Waals surface area contributed by atoms with E-state index in [4.69, 9.17) is 16.7 Å². The van der Waals surface area contributed by atoms with Gasteiger partial charge in [0.25, 0.3) is 5.91 Å². The van der Waals surface area contributed by atoms with Crippen molar-refractivity contribution >= 4 is 51.1 Å². The standard InChI is InChI=1S/C13H12BrClN2O4/c1-6(7(2)12(19)20)11(18)17-13(21)16-8-3-4-10(15)9(14)5-8/h3-5H,1-2H3,(H,19,20)(H2,16,17,18,21)/b7-6+. The number of aliphatic carboxylic acids is 1. The molecule has 1 aromatic rings. The molecule has 0 aromatic heterocycles. The average molecular weight is 376 g/mol. The first kappa shape index (κ1) is 17.2. The zero-order valence-electron chi connectivity index (χ0n) is 11.2. The molecule has 1 rings (SSSR count). The first-order chi connectivity index (χ1) is 9.72. The second-order valence-electron chi connectivity index (χ2n) is 4.09. The van der Waals surface area contributed by atoms with E-state index >= 15 is 0 Å². The van der Waals surface area contributed by atoms with Gasteiger partial charge in [-0.3, -0.25) is 10.1 Å². The quantitative estimate of drug-likeness (QED) is 0.707. The van der Waals surface area contributed by atoms with Crippen LogP contribution in [0.15, 0.2) is 33.8 Å². The van der Waals surface area contributed by atoms with Crippen LogP contribution in [0, 0.1) is 0 Å². The van der Waals surface area contributed by atoms with Gasteiger partial charge in [-0.1, -0.05) is 11.6 Å². The number of rotatable bonds is 3. The van der Waals surface area contributed by atoms with E-state index in [2.05, 4.69) is 21.2 Å². The van der Waals surface area contributed by atoms with Crippen LogP contribution in [-0.2, 0) is 9.59 Å². The van der Waals surface area contributed by atoms with Crippen molar-refractivity contribution in [2.24, 2.45) is 0 Å². The third kappa shape index (κ3) is 4.87. The van der Waals surface area contributed by atoms with Crippen LogP contribution in [0.3, 0.4) is 0 Å². The van der Waals surface area contributed by atoms with Gasteiger partial charge in [0.1, 0.15) is 0 Å². The Labute approximate surface area is 134 Å². The summed E-state index contributed by atoms with van der Waals surface area (Å²) in [4.78, 5) is 34.1. The molecule has 8 heteroatoms. The summed E-state index contributed by atoms with van der Waals surface area (Å²) in [5, 5.41) is 13.7. The van der Waals surface area contributed by atoms with Gasteiger partial charge < -0.3 is 10.4 Å². The molecule has 0 fully saturated rings. The number of carbonyl (C=O) groups excluding carboxylic acids is 2. The second-order valence-corrected chi connectivity index (χ2v) is 5.35. The predicted octanol–water partition coefficient (Wildman–Crippen LogP) is 3.17. The van der Waals surface area contributed by atoms with E-state index in [1.165, 1.54) is 13.8 Å². The van der Waals surface area contributed by atoms with E-state index in [0.29, 0.717) is 15.2 Å². The summed E-state index contributed by atoms with van der Waals surface area (Å²) in [6.45, 7) is 2.61. The zero-order chi connectivity index (χ0) is 16.2. The minimum atomic E-state index is -1.22. The van der Waals surface area contributed by atoms with Crippen LogP contribution < -0.4 is 10.6 Å². The molecule has 0 bridgehead atoms. The molecule has 3 N–H and O–H groups in total. The third-order valence-corrected chi connectivity index (χ3v) is 3.84. The Bertz CT molecular complexity index is 643. The maximum atomic E-state index is 11.7. The number of benzene rings is 1. The number of urea groups is 1. The smallest absolute Gasteiger partial charge is 0.331 e. The Kier molecular flexibility index (Phi) is 5.92. The molecular formula is C13H12BrClN2O4. The number of nitrogens with one attached hydrogen (secondary N) is 2. The van der Waals surface area contributed by atoms with Gasteiger partial charge in [0.15, 0.2) is 0 Å². The molecule has 3 amide bonds. The van der Waals surface area contributed by atoms with E-state index < -0.39 is 17.9 Å². The van der Waals surface area contributed by atoms with E-state index in [9.17, 15) is 14.4 Å². The molecule has 0 saturated heterocycles. The van der Waals surface area contributed by atoms with Gasteiger partial charge in [0.05, 0.1) is 5.02 Å². The lowest BCUT2D eigenvalue weighted by Gasteiger charge is -2.08. The number of anilines is 1. The maximum absolute atomic E-state index is 11.7.